The highest BCUT2D eigenvalue weighted by molar-refractivity contribution is 6.00. The van der Waals surface area contributed by atoms with Crippen molar-refractivity contribution in [1.82, 2.24) is 15.1 Å². The summed E-state index contributed by atoms with van der Waals surface area (Å²) in [6.45, 7) is 10.3. The normalized spacial score (nSPS) is 18.2. The molecule has 0 bridgehead atoms. The summed E-state index contributed by atoms with van der Waals surface area (Å²) in [5.74, 6) is -0.495. The smallest absolute Gasteiger partial charge is 0.311 e. The summed E-state index contributed by atoms with van der Waals surface area (Å²) in [7, 11) is 1.29. The van der Waals surface area contributed by atoms with E-state index in [2.05, 4.69) is 38.1 Å². The number of nitrogens with zero attached hydrogens (tertiary/aromatic N) is 3. The Hall–Kier alpha value is -3.27. The van der Waals surface area contributed by atoms with Crippen molar-refractivity contribution in [1.29, 1.82) is 0 Å². The van der Waals surface area contributed by atoms with E-state index in [4.69, 9.17) is 9.73 Å². The number of carbonyl (C=O) groups is 1. The highest BCUT2D eigenvalue weighted by atomic mass is 16.6. The Morgan fingerprint density at radius 2 is 1.79 bits per heavy atom. The molecule has 0 spiro atoms. The molecule has 0 unspecified atom stereocenters. The lowest BCUT2D eigenvalue weighted by Crippen LogP contribution is -2.58. The van der Waals surface area contributed by atoms with Crippen molar-refractivity contribution in [2.45, 2.75) is 71.0 Å². The molecular formula is C23H31N5O5. The number of piperidine rings is 1. The van der Waals surface area contributed by atoms with E-state index in [1.807, 2.05) is 0 Å². The number of aliphatic imine (C=N–C) groups is 1. The molecule has 1 aromatic heterocycles. The van der Waals surface area contributed by atoms with Crippen LogP contribution in [0.1, 0.15) is 58.7 Å². The van der Waals surface area contributed by atoms with Gasteiger partial charge in [-0.1, -0.05) is 0 Å². The van der Waals surface area contributed by atoms with Gasteiger partial charge in [0.25, 0.3) is 11.2 Å². The highest BCUT2D eigenvalue weighted by Crippen LogP contribution is 2.30. The molecule has 10 heteroatoms. The summed E-state index contributed by atoms with van der Waals surface area (Å²) in [5.41, 5.74) is 0.976. The molecule has 0 saturated carbocycles. The predicted molar refractivity (Wildman–Crippen MR) is 125 cm³/mol. The molecule has 178 valence electrons. The first-order valence-electron chi connectivity index (χ1n) is 10.8. The van der Waals surface area contributed by atoms with Crippen molar-refractivity contribution in [2.75, 3.05) is 7.11 Å². The quantitative estimate of drug-likeness (QED) is 0.297. The maximum atomic E-state index is 13.4. The molecule has 0 atom stereocenters. The van der Waals surface area contributed by atoms with Crippen molar-refractivity contribution in [3.8, 4) is 5.69 Å². The molecule has 2 heterocycles. The monoisotopic (exact) mass is 457 g/mol. The van der Waals surface area contributed by atoms with Crippen LogP contribution in [0.4, 0.5) is 5.69 Å². The van der Waals surface area contributed by atoms with Gasteiger partial charge < -0.3 is 10.1 Å². The SMILES string of the molecule is COC(=O)Cc1[nH]n(-c2ccc([N+](=O)[O-])cc2)c(=O)c1C(C)=NC1CC(C)(C)NC(C)(C)C1. The Balaban J connectivity index is 2.05. The Morgan fingerprint density at radius 3 is 2.30 bits per heavy atom. The first kappa shape index (κ1) is 24.4. The van der Waals surface area contributed by atoms with Crippen LogP contribution in [0.3, 0.4) is 0 Å². The van der Waals surface area contributed by atoms with Gasteiger partial charge in [-0.15, -0.1) is 0 Å². The average molecular weight is 458 g/mol. The number of methoxy groups -OCH3 is 1. The number of aromatic nitrogens is 2. The van der Waals surface area contributed by atoms with Gasteiger partial charge in [0, 0.05) is 28.9 Å². The molecule has 2 aromatic rings. The van der Waals surface area contributed by atoms with Crippen LogP contribution in [0.5, 0.6) is 0 Å². The lowest BCUT2D eigenvalue weighted by atomic mass is 9.80. The van der Waals surface area contributed by atoms with Crippen LogP contribution in [-0.2, 0) is 16.0 Å². The molecule has 1 aromatic carbocycles. The standard InChI is InChI=1S/C23H31N5O5/c1-14(24-15-12-22(2,3)26-23(4,5)13-15)20-18(11-19(29)33-6)25-27(21(20)30)16-7-9-17(10-8-16)28(31)32/h7-10,15,25-26H,11-13H2,1-6H3. The number of ether oxygens (including phenoxy) is 1. The maximum absolute atomic E-state index is 13.4. The van der Waals surface area contributed by atoms with Gasteiger partial charge in [-0.2, -0.15) is 0 Å². The van der Waals surface area contributed by atoms with Crippen LogP contribution in [0, 0.1) is 10.1 Å². The molecule has 0 amide bonds. The van der Waals surface area contributed by atoms with Crippen LogP contribution in [0.15, 0.2) is 34.1 Å². The van der Waals surface area contributed by atoms with E-state index in [-0.39, 0.29) is 34.8 Å². The van der Waals surface area contributed by atoms with Gasteiger partial charge in [0.05, 0.1) is 41.4 Å². The third kappa shape index (κ3) is 5.57. The van der Waals surface area contributed by atoms with Gasteiger partial charge >= 0.3 is 5.97 Å². The van der Waals surface area contributed by atoms with Crippen molar-refractivity contribution in [3.63, 3.8) is 0 Å². The van der Waals surface area contributed by atoms with Crippen LogP contribution in [0.2, 0.25) is 0 Å². The number of hydrogen-bond acceptors (Lipinski definition) is 7. The van der Waals surface area contributed by atoms with E-state index >= 15 is 0 Å². The Bertz CT molecular complexity index is 1120. The highest BCUT2D eigenvalue weighted by Gasteiger charge is 2.37. The predicted octanol–water partition coefficient (Wildman–Crippen LogP) is 2.91. The topological polar surface area (TPSA) is 132 Å². The number of benzene rings is 1. The zero-order chi connectivity index (χ0) is 24.6. The van der Waals surface area contributed by atoms with Crippen molar-refractivity contribution >= 4 is 17.4 Å². The van der Waals surface area contributed by atoms with E-state index in [0.717, 1.165) is 12.8 Å². The fraction of sp³-hybridized carbons (Fsp3) is 0.522. The van der Waals surface area contributed by atoms with E-state index in [1.165, 1.54) is 36.1 Å². The molecular weight excluding hydrogens is 426 g/mol. The molecule has 0 aliphatic carbocycles. The number of carbonyl (C=O) groups excluding carboxylic acids is 1. The van der Waals surface area contributed by atoms with Gasteiger partial charge in [0.2, 0.25) is 0 Å². The van der Waals surface area contributed by atoms with Crippen LogP contribution in [0.25, 0.3) is 5.69 Å². The second-order valence-electron chi connectivity index (χ2n) is 9.80. The average Bonchev–Trinajstić information content (AvgIpc) is 3.01. The third-order valence-electron chi connectivity index (χ3n) is 5.74. The van der Waals surface area contributed by atoms with E-state index in [1.54, 1.807) is 6.92 Å². The number of H-pyrrole nitrogens is 1. The molecule has 1 aliphatic rings. The number of nitro groups is 1. The molecule has 3 rings (SSSR count). The zero-order valence-corrected chi connectivity index (χ0v) is 19.9. The van der Waals surface area contributed by atoms with E-state index < -0.39 is 10.9 Å². The van der Waals surface area contributed by atoms with Crippen molar-refractivity contribution < 1.29 is 14.5 Å². The second kappa shape index (κ2) is 8.93. The number of esters is 1. The van der Waals surface area contributed by atoms with E-state index in [9.17, 15) is 19.7 Å². The summed E-state index contributed by atoms with van der Waals surface area (Å²) >= 11 is 0. The number of rotatable bonds is 6. The van der Waals surface area contributed by atoms with Gasteiger partial charge in [-0.3, -0.25) is 29.8 Å². The lowest BCUT2D eigenvalue weighted by molar-refractivity contribution is -0.384. The first-order valence-corrected chi connectivity index (χ1v) is 10.8. The molecule has 33 heavy (non-hydrogen) atoms. The van der Waals surface area contributed by atoms with Gasteiger partial charge in [-0.25, -0.2) is 4.68 Å². The van der Waals surface area contributed by atoms with Crippen molar-refractivity contribution in [3.05, 3.63) is 56.0 Å². The van der Waals surface area contributed by atoms with Crippen molar-refractivity contribution in [2.24, 2.45) is 4.99 Å². The van der Waals surface area contributed by atoms with Crippen LogP contribution >= 0.6 is 0 Å². The number of aromatic amines is 1. The molecule has 10 nitrogen and oxygen atoms in total. The molecule has 1 fully saturated rings. The zero-order valence-electron chi connectivity index (χ0n) is 19.9. The van der Waals surface area contributed by atoms with Crippen LogP contribution < -0.4 is 10.9 Å². The number of hydrogen-bond donors (Lipinski definition) is 2. The molecule has 1 aliphatic heterocycles. The molecule has 2 N–H and O–H groups in total. The van der Waals surface area contributed by atoms with E-state index in [0.29, 0.717) is 22.7 Å². The maximum Gasteiger partial charge on any atom is 0.311 e. The second-order valence-corrected chi connectivity index (χ2v) is 9.80. The number of nitro benzene ring substituents is 1. The minimum absolute atomic E-state index is 0.00403. The summed E-state index contributed by atoms with van der Waals surface area (Å²) in [6.07, 6.45) is 1.49. The largest absolute Gasteiger partial charge is 0.469 e. The summed E-state index contributed by atoms with van der Waals surface area (Å²) < 4.78 is 6.07. The van der Waals surface area contributed by atoms with Crippen LogP contribution in [-0.4, -0.2) is 50.6 Å². The Labute approximate surface area is 192 Å². The number of nitrogens with one attached hydrogen (secondary N) is 2. The Morgan fingerprint density at radius 1 is 1.21 bits per heavy atom. The van der Waals surface area contributed by atoms with Gasteiger partial charge in [0.15, 0.2) is 0 Å². The Kier molecular flexibility index (Phi) is 6.60. The number of non-ortho nitro benzene ring substituents is 1. The van der Waals surface area contributed by atoms with Gasteiger partial charge in [-0.05, 0) is 59.6 Å². The van der Waals surface area contributed by atoms with Gasteiger partial charge in [0.1, 0.15) is 0 Å². The summed E-state index contributed by atoms with van der Waals surface area (Å²) in [6, 6.07) is 5.60. The lowest BCUT2D eigenvalue weighted by Gasteiger charge is -2.45. The first-order chi connectivity index (χ1) is 15.3. The fourth-order valence-corrected chi connectivity index (χ4v) is 4.80. The summed E-state index contributed by atoms with van der Waals surface area (Å²) in [4.78, 5) is 40.7. The third-order valence-corrected chi connectivity index (χ3v) is 5.74. The fourth-order valence-electron chi connectivity index (χ4n) is 4.80. The summed E-state index contributed by atoms with van der Waals surface area (Å²) in [5, 5.41) is 17.5. The minimum atomic E-state index is -0.506. The molecule has 0 radical (unpaired) electrons. The molecule has 1 saturated heterocycles. The minimum Gasteiger partial charge on any atom is -0.469 e.